The van der Waals surface area contributed by atoms with Gasteiger partial charge in [-0.05, 0) is 14.1 Å². The van der Waals surface area contributed by atoms with Crippen molar-refractivity contribution in [3.63, 3.8) is 0 Å². The fraction of sp³-hybridized carbons (Fsp3) is 0.636. The molecule has 1 aromatic rings. The van der Waals surface area contributed by atoms with Crippen LogP contribution in [0.2, 0.25) is 0 Å². The summed E-state index contributed by atoms with van der Waals surface area (Å²) in [6.45, 7) is 0.410. The third-order valence-corrected chi connectivity index (χ3v) is 3.01. The lowest BCUT2D eigenvalue weighted by molar-refractivity contribution is -0.0451. The van der Waals surface area contributed by atoms with Gasteiger partial charge in [0.15, 0.2) is 6.23 Å². The smallest absolute Gasteiger partial charge is 0.330 e. The summed E-state index contributed by atoms with van der Waals surface area (Å²) in [5, 5.41) is 19.8. The average molecular weight is 271 g/mol. The van der Waals surface area contributed by atoms with Gasteiger partial charge in [-0.2, -0.15) is 0 Å². The van der Waals surface area contributed by atoms with Gasteiger partial charge in [-0.3, -0.25) is 14.3 Å². The van der Waals surface area contributed by atoms with Crippen LogP contribution in [0, 0.1) is 0 Å². The SMILES string of the molecule is CN(C)CC1O[C@@H](n2ccc(=O)[nH]c2=O)[C@H](O)[C@@H]1O. The number of rotatable bonds is 3. The molecule has 4 atom stereocenters. The zero-order valence-corrected chi connectivity index (χ0v) is 10.7. The summed E-state index contributed by atoms with van der Waals surface area (Å²) in [6, 6.07) is 1.16. The molecule has 2 heterocycles. The maximum Gasteiger partial charge on any atom is 0.330 e. The fourth-order valence-corrected chi connectivity index (χ4v) is 2.10. The van der Waals surface area contributed by atoms with Gasteiger partial charge in [0.05, 0.1) is 0 Å². The van der Waals surface area contributed by atoms with Crippen molar-refractivity contribution in [2.24, 2.45) is 0 Å². The Morgan fingerprint density at radius 2 is 2.05 bits per heavy atom. The van der Waals surface area contributed by atoms with Crippen LogP contribution < -0.4 is 11.2 Å². The van der Waals surface area contributed by atoms with E-state index in [1.807, 2.05) is 14.1 Å². The second kappa shape index (κ2) is 5.25. The van der Waals surface area contributed by atoms with Crippen molar-refractivity contribution in [3.8, 4) is 0 Å². The van der Waals surface area contributed by atoms with Crippen molar-refractivity contribution in [2.45, 2.75) is 24.5 Å². The largest absolute Gasteiger partial charge is 0.387 e. The van der Waals surface area contributed by atoms with Crippen molar-refractivity contribution in [3.05, 3.63) is 33.1 Å². The molecular formula is C11H17N3O5. The Labute approximate surface area is 108 Å². The van der Waals surface area contributed by atoms with Crippen LogP contribution >= 0.6 is 0 Å². The van der Waals surface area contributed by atoms with Crippen LogP contribution in [0.5, 0.6) is 0 Å². The van der Waals surface area contributed by atoms with Gasteiger partial charge in [-0.1, -0.05) is 0 Å². The highest BCUT2D eigenvalue weighted by atomic mass is 16.6. The van der Waals surface area contributed by atoms with E-state index in [1.54, 1.807) is 4.90 Å². The Morgan fingerprint density at radius 3 is 2.63 bits per heavy atom. The Balaban J connectivity index is 2.26. The number of H-pyrrole nitrogens is 1. The van der Waals surface area contributed by atoms with E-state index < -0.39 is 35.8 Å². The van der Waals surface area contributed by atoms with Gasteiger partial charge in [0.1, 0.15) is 18.3 Å². The molecule has 0 saturated carbocycles. The topological polar surface area (TPSA) is 108 Å². The number of aliphatic hydroxyl groups excluding tert-OH is 2. The van der Waals surface area contributed by atoms with Gasteiger partial charge >= 0.3 is 5.69 Å². The minimum atomic E-state index is -1.23. The Hall–Kier alpha value is -1.48. The number of ether oxygens (including phenoxy) is 1. The standard InChI is InChI=1S/C11H17N3O5/c1-13(2)5-6-8(16)9(17)10(19-6)14-4-3-7(15)12-11(14)18/h3-4,6,8-10,16-17H,5H2,1-2H3,(H,12,15,18)/t6?,8-,9-,10-/m1/s1. The monoisotopic (exact) mass is 271 g/mol. The maximum absolute atomic E-state index is 11.6. The molecule has 8 nitrogen and oxygen atoms in total. The van der Waals surface area contributed by atoms with Crippen LogP contribution in [-0.2, 0) is 4.74 Å². The van der Waals surface area contributed by atoms with E-state index in [1.165, 1.54) is 6.20 Å². The van der Waals surface area contributed by atoms with Crippen LogP contribution in [0.15, 0.2) is 21.9 Å². The number of aliphatic hydroxyl groups is 2. The molecule has 1 aliphatic rings. The molecule has 0 radical (unpaired) electrons. The summed E-state index contributed by atoms with van der Waals surface area (Å²) in [5.74, 6) is 0. The third kappa shape index (κ3) is 2.76. The molecule has 0 aromatic carbocycles. The first-order valence-electron chi connectivity index (χ1n) is 5.88. The minimum absolute atomic E-state index is 0.410. The van der Waals surface area contributed by atoms with E-state index >= 15 is 0 Å². The quantitative estimate of drug-likeness (QED) is 0.571. The molecule has 106 valence electrons. The highest BCUT2D eigenvalue weighted by Gasteiger charge is 2.44. The van der Waals surface area contributed by atoms with E-state index in [2.05, 4.69) is 4.98 Å². The summed E-state index contributed by atoms with van der Waals surface area (Å²) in [6.07, 6.45) is -2.70. The first-order valence-corrected chi connectivity index (χ1v) is 5.88. The number of nitrogens with one attached hydrogen (secondary N) is 1. The Kier molecular flexibility index (Phi) is 3.85. The molecule has 8 heteroatoms. The zero-order valence-electron chi connectivity index (χ0n) is 10.7. The lowest BCUT2D eigenvalue weighted by atomic mass is 10.1. The third-order valence-electron chi connectivity index (χ3n) is 3.01. The molecule has 3 N–H and O–H groups in total. The van der Waals surface area contributed by atoms with Gasteiger partial charge in [-0.15, -0.1) is 0 Å². The fourth-order valence-electron chi connectivity index (χ4n) is 2.10. The normalized spacial score (nSPS) is 31.0. The van der Waals surface area contributed by atoms with Crippen LogP contribution in [0.4, 0.5) is 0 Å². The van der Waals surface area contributed by atoms with Crippen LogP contribution in [0.25, 0.3) is 0 Å². The van der Waals surface area contributed by atoms with Crippen molar-refractivity contribution in [2.75, 3.05) is 20.6 Å². The average Bonchev–Trinajstić information content (AvgIpc) is 2.57. The molecule has 2 rings (SSSR count). The predicted octanol–water partition coefficient (Wildman–Crippen LogP) is -2.28. The predicted molar refractivity (Wildman–Crippen MR) is 65.8 cm³/mol. The molecule has 1 saturated heterocycles. The molecule has 1 aromatic heterocycles. The Morgan fingerprint density at radius 1 is 1.37 bits per heavy atom. The molecule has 0 amide bonds. The van der Waals surface area contributed by atoms with Crippen molar-refractivity contribution < 1.29 is 14.9 Å². The van der Waals surface area contributed by atoms with Gasteiger partial charge in [0, 0.05) is 18.8 Å². The van der Waals surface area contributed by atoms with Gasteiger partial charge < -0.3 is 19.8 Å². The molecule has 1 unspecified atom stereocenters. The lowest BCUT2D eigenvalue weighted by Gasteiger charge is -2.18. The first kappa shape index (κ1) is 13.9. The molecule has 0 bridgehead atoms. The molecule has 19 heavy (non-hydrogen) atoms. The van der Waals surface area contributed by atoms with Crippen LogP contribution in [-0.4, -0.2) is 63.6 Å². The van der Waals surface area contributed by atoms with Crippen LogP contribution in [0.3, 0.4) is 0 Å². The second-order valence-corrected chi connectivity index (χ2v) is 4.83. The van der Waals surface area contributed by atoms with Gasteiger partial charge in [-0.25, -0.2) is 4.79 Å². The summed E-state index contributed by atoms with van der Waals surface area (Å²) in [4.78, 5) is 26.5. The van der Waals surface area contributed by atoms with E-state index in [-0.39, 0.29) is 0 Å². The number of aromatic amines is 1. The molecule has 0 spiro atoms. The van der Waals surface area contributed by atoms with Crippen molar-refractivity contribution in [1.82, 2.24) is 14.5 Å². The number of aromatic nitrogens is 2. The summed E-state index contributed by atoms with van der Waals surface area (Å²) in [7, 11) is 3.62. The minimum Gasteiger partial charge on any atom is -0.387 e. The first-order chi connectivity index (χ1) is 8.90. The molecule has 0 aliphatic carbocycles. The van der Waals surface area contributed by atoms with Gasteiger partial charge in [0.2, 0.25) is 0 Å². The lowest BCUT2D eigenvalue weighted by Crippen LogP contribution is -2.38. The van der Waals surface area contributed by atoms with E-state index in [0.717, 1.165) is 10.6 Å². The van der Waals surface area contributed by atoms with Crippen molar-refractivity contribution in [1.29, 1.82) is 0 Å². The summed E-state index contributed by atoms with van der Waals surface area (Å²) in [5.41, 5.74) is -1.21. The van der Waals surface area contributed by atoms with Gasteiger partial charge in [0.25, 0.3) is 5.56 Å². The Bertz CT molecular complexity index is 552. The highest BCUT2D eigenvalue weighted by molar-refractivity contribution is 4.93. The summed E-state index contributed by atoms with van der Waals surface area (Å²) >= 11 is 0. The second-order valence-electron chi connectivity index (χ2n) is 4.83. The maximum atomic E-state index is 11.6. The summed E-state index contributed by atoms with van der Waals surface area (Å²) < 4.78 is 6.56. The molecule has 1 aliphatic heterocycles. The molecule has 1 fully saturated rings. The zero-order chi connectivity index (χ0) is 14.2. The van der Waals surface area contributed by atoms with Crippen molar-refractivity contribution >= 4 is 0 Å². The van der Waals surface area contributed by atoms with E-state index in [9.17, 15) is 19.8 Å². The van der Waals surface area contributed by atoms with Crippen LogP contribution in [0.1, 0.15) is 6.23 Å². The number of nitrogens with zero attached hydrogens (tertiary/aromatic N) is 2. The van der Waals surface area contributed by atoms with E-state index in [0.29, 0.717) is 6.54 Å². The molecular weight excluding hydrogens is 254 g/mol. The number of likely N-dealkylation sites (N-methyl/N-ethyl adjacent to an activating group) is 1. The number of hydrogen-bond donors (Lipinski definition) is 3. The van der Waals surface area contributed by atoms with E-state index in [4.69, 9.17) is 4.74 Å². The number of hydrogen-bond acceptors (Lipinski definition) is 6. The highest BCUT2D eigenvalue weighted by Crippen LogP contribution is 2.28.